The van der Waals surface area contributed by atoms with E-state index in [2.05, 4.69) is 9.55 Å². The molecule has 19 heavy (non-hydrogen) atoms. The van der Waals surface area contributed by atoms with Gasteiger partial charge in [0.25, 0.3) is 0 Å². The molecule has 102 valence electrons. The van der Waals surface area contributed by atoms with Crippen molar-refractivity contribution in [3.8, 4) is 0 Å². The van der Waals surface area contributed by atoms with Crippen molar-refractivity contribution in [1.29, 1.82) is 0 Å². The van der Waals surface area contributed by atoms with E-state index < -0.39 is 0 Å². The average molecular weight is 283 g/mol. The van der Waals surface area contributed by atoms with Crippen LogP contribution in [-0.4, -0.2) is 22.8 Å². The maximum absolute atomic E-state index is 13.8. The second kappa shape index (κ2) is 5.47. The molecule has 3 rings (SSSR count). The van der Waals surface area contributed by atoms with Gasteiger partial charge < -0.3 is 9.30 Å². The number of fused-ring (bicyclic) bond motifs is 1. The van der Waals surface area contributed by atoms with Gasteiger partial charge in [-0.1, -0.05) is 6.07 Å². The van der Waals surface area contributed by atoms with Crippen molar-refractivity contribution in [2.45, 2.75) is 25.3 Å². The number of ether oxygens (including phenoxy) is 1. The summed E-state index contributed by atoms with van der Waals surface area (Å²) >= 11 is 5.94. The Kier molecular flexibility index (Phi) is 3.71. The summed E-state index contributed by atoms with van der Waals surface area (Å²) in [6.45, 7) is 2.45. The van der Waals surface area contributed by atoms with Gasteiger partial charge in [0.2, 0.25) is 0 Å². The fourth-order valence-corrected chi connectivity index (χ4v) is 2.86. The molecule has 0 atom stereocenters. The van der Waals surface area contributed by atoms with Crippen LogP contribution in [0.5, 0.6) is 0 Å². The Hall–Kier alpha value is -1.13. The fraction of sp³-hybridized carbons (Fsp3) is 0.500. The lowest BCUT2D eigenvalue weighted by molar-refractivity contribution is 0.0614. The van der Waals surface area contributed by atoms with Crippen LogP contribution in [0.3, 0.4) is 0 Å². The molecule has 0 radical (unpaired) electrons. The van der Waals surface area contributed by atoms with Crippen LogP contribution >= 0.6 is 11.6 Å². The number of aromatic nitrogens is 2. The monoisotopic (exact) mass is 282 g/mol. The molecule has 5 heteroatoms. The summed E-state index contributed by atoms with van der Waals surface area (Å²) in [6, 6.07) is 5.06. The van der Waals surface area contributed by atoms with Gasteiger partial charge in [0.1, 0.15) is 11.3 Å². The second-order valence-electron chi connectivity index (χ2n) is 4.94. The number of rotatable bonds is 3. The highest BCUT2D eigenvalue weighted by molar-refractivity contribution is 6.16. The Morgan fingerprint density at radius 2 is 2.16 bits per heavy atom. The quantitative estimate of drug-likeness (QED) is 0.808. The third-order valence-corrected chi connectivity index (χ3v) is 3.95. The van der Waals surface area contributed by atoms with Gasteiger partial charge >= 0.3 is 0 Å². The zero-order valence-electron chi connectivity index (χ0n) is 10.6. The fourth-order valence-electron chi connectivity index (χ4n) is 2.65. The second-order valence-corrected chi connectivity index (χ2v) is 5.20. The minimum Gasteiger partial charge on any atom is -0.381 e. The molecular weight excluding hydrogens is 267 g/mol. The molecule has 0 saturated carbocycles. The smallest absolute Gasteiger partial charge is 0.151 e. The number of hydrogen-bond acceptors (Lipinski definition) is 2. The maximum atomic E-state index is 13.8. The van der Waals surface area contributed by atoms with Crippen molar-refractivity contribution in [3.63, 3.8) is 0 Å². The number of imidazole rings is 1. The molecule has 1 aromatic heterocycles. The Morgan fingerprint density at radius 1 is 1.37 bits per heavy atom. The SMILES string of the molecule is Fc1cccc2c1nc(CCl)n2CC1CCOCC1. The summed E-state index contributed by atoms with van der Waals surface area (Å²) in [6.07, 6.45) is 2.08. The van der Waals surface area contributed by atoms with Gasteiger partial charge in [-0.25, -0.2) is 9.37 Å². The van der Waals surface area contributed by atoms with E-state index >= 15 is 0 Å². The third-order valence-electron chi connectivity index (χ3n) is 3.71. The summed E-state index contributed by atoms with van der Waals surface area (Å²) in [5.74, 6) is 1.32. The molecule has 3 nitrogen and oxygen atoms in total. The van der Waals surface area contributed by atoms with E-state index in [9.17, 15) is 4.39 Å². The van der Waals surface area contributed by atoms with Gasteiger partial charge in [0, 0.05) is 19.8 Å². The molecule has 0 unspecified atom stereocenters. The molecule has 1 saturated heterocycles. The molecule has 0 aliphatic carbocycles. The predicted molar refractivity (Wildman–Crippen MR) is 72.8 cm³/mol. The molecule has 0 spiro atoms. The molecule has 0 amide bonds. The summed E-state index contributed by atoms with van der Waals surface area (Å²) in [5.41, 5.74) is 1.26. The molecule has 2 aromatic rings. The number of halogens is 2. The van der Waals surface area contributed by atoms with Crippen LogP contribution in [0.4, 0.5) is 4.39 Å². The topological polar surface area (TPSA) is 27.1 Å². The number of benzene rings is 1. The molecule has 1 aliphatic heterocycles. The minimum atomic E-state index is -0.283. The van der Waals surface area contributed by atoms with Crippen LogP contribution in [-0.2, 0) is 17.2 Å². The lowest BCUT2D eigenvalue weighted by Gasteiger charge is -2.23. The van der Waals surface area contributed by atoms with Crippen LogP contribution in [0.1, 0.15) is 18.7 Å². The van der Waals surface area contributed by atoms with Crippen molar-refractivity contribution in [1.82, 2.24) is 9.55 Å². The van der Waals surface area contributed by atoms with Crippen LogP contribution in [0.25, 0.3) is 11.0 Å². The van der Waals surface area contributed by atoms with Gasteiger partial charge in [-0.05, 0) is 30.9 Å². The lowest BCUT2D eigenvalue weighted by Crippen LogP contribution is -2.21. The van der Waals surface area contributed by atoms with Gasteiger partial charge in [-0.15, -0.1) is 11.6 Å². The minimum absolute atomic E-state index is 0.283. The van der Waals surface area contributed by atoms with Crippen molar-refractivity contribution in [2.75, 3.05) is 13.2 Å². The summed E-state index contributed by atoms with van der Waals surface area (Å²) in [4.78, 5) is 4.32. The normalized spacial score (nSPS) is 17.2. The first kappa shape index (κ1) is 12.9. The standard InChI is InChI=1S/C14H16ClFN2O/c15-8-13-17-14-11(16)2-1-3-12(14)18(13)9-10-4-6-19-7-5-10/h1-3,10H,4-9H2. The van der Waals surface area contributed by atoms with Crippen LogP contribution in [0, 0.1) is 11.7 Å². The maximum Gasteiger partial charge on any atom is 0.151 e. The third kappa shape index (κ3) is 2.47. The van der Waals surface area contributed by atoms with Crippen molar-refractivity contribution >= 4 is 22.6 Å². The average Bonchev–Trinajstić information content (AvgIpc) is 2.80. The summed E-state index contributed by atoms with van der Waals surface area (Å²) in [7, 11) is 0. The highest BCUT2D eigenvalue weighted by Crippen LogP contribution is 2.24. The summed E-state index contributed by atoms with van der Waals surface area (Å²) < 4.78 is 21.2. The van der Waals surface area contributed by atoms with E-state index in [1.165, 1.54) is 6.07 Å². The molecule has 2 heterocycles. The first-order chi connectivity index (χ1) is 9.29. The number of hydrogen-bond donors (Lipinski definition) is 0. The van der Waals surface area contributed by atoms with Crippen molar-refractivity contribution in [3.05, 3.63) is 29.8 Å². The molecular formula is C14H16ClFN2O. The van der Waals surface area contributed by atoms with E-state index in [0.29, 0.717) is 17.3 Å². The van der Waals surface area contributed by atoms with Gasteiger partial charge in [-0.2, -0.15) is 0 Å². The summed E-state index contributed by atoms with van der Waals surface area (Å²) in [5, 5.41) is 0. The number of nitrogens with zero attached hydrogens (tertiary/aromatic N) is 2. The zero-order chi connectivity index (χ0) is 13.2. The zero-order valence-corrected chi connectivity index (χ0v) is 11.4. The van der Waals surface area contributed by atoms with Crippen molar-refractivity contribution < 1.29 is 9.13 Å². The van der Waals surface area contributed by atoms with E-state index in [0.717, 1.165) is 43.9 Å². The first-order valence-electron chi connectivity index (χ1n) is 6.57. The van der Waals surface area contributed by atoms with Gasteiger partial charge in [-0.3, -0.25) is 0 Å². The van der Waals surface area contributed by atoms with Crippen LogP contribution in [0.15, 0.2) is 18.2 Å². The number of alkyl halides is 1. The number of para-hydroxylation sites is 1. The van der Waals surface area contributed by atoms with Crippen LogP contribution < -0.4 is 0 Å². The van der Waals surface area contributed by atoms with Crippen LogP contribution in [0.2, 0.25) is 0 Å². The highest BCUT2D eigenvalue weighted by Gasteiger charge is 2.19. The van der Waals surface area contributed by atoms with E-state index in [-0.39, 0.29) is 5.82 Å². The Labute approximate surface area is 116 Å². The largest absolute Gasteiger partial charge is 0.381 e. The first-order valence-corrected chi connectivity index (χ1v) is 7.10. The van der Waals surface area contributed by atoms with E-state index in [4.69, 9.17) is 16.3 Å². The molecule has 0 N–H and O–H groups in total. The Balaban J connectivity index is 1.98. The van der Waals surface area contributed by atoms with Gasteiger partial charge in [0.15, 0.2) is 5.82 Å². The highest BCUT2D eigenvalue weighted by atomic mass is 35.5. The van der Waals surface area contributed by atoms with E-state index in [1.54, 1.807) is 6.07 Å². The molecule has 1 fully saturated rings. The Bertz CT molecular complexity index is 578. The molecule has 1 aliphatic rings. The predicted octanol–water partition coefficient (Wildman–Crippen LogP) is 3.34. The molecule has 0 bridgehead atoms. The van der Waals surface area contributed by atoms with E-state index in [1.807, 2.05) is 6.07 Å². The van der Waals surface area contributed by atoms with Crippen molar-refractivity contribution in [2.24, 2.45) is 5.92 Å². The lowest BCUT2D eigenvalue weighted by atomic mass is 10.0. The van der Waals surface area contributed by atoms with Gasteiger partial charge in [0.05, 0.1) is 11.4 Å². The molecule has 1 aromatic carbocycles. The Morgan fingerprint density at radius 3 is 2.89 bits per heavy atom.